The molecule has 0 aromatic heterocycles. The molecule has 0 saturated heterocycles. The average Bonchev–Trinajstić information content (AvgIpc) is 1.86. The van der Waals surface area contributed by atoms with E-state index >= 15 is 0 Å². The molecule has 0 fully saturated rings. The van der Waals surface area contributed by atoms with Gasteiger partial charge in [-0.25, -0.2) is 0 Å². The monoisotopic (exact) mass is 82.1 g/mol. The van der Waals surface area contributed by atoms with Crippen LogP contribution in [-0.4, -0.2) is 19.4 Å². The Kier molecular flexibility index (Phi) is 0.840. The van der Waals surface area contributed by atoms with Gasteiger partial charge in [-0.1, -0.05) is 6.08 Å². The van der Waals surface area contributed by atoms with Gasteiger partial charge in [-0.05, 0) is 0 Å². The van der Waals surface area contributed by atoms with Crippen molar-refractivity contribution in [2.75, 3.05) is 6.54 Å². The Balaban J connectivity index is 2.32. The molecule has 0 atom stereocenters. The maximum absolute atomic E-state index is 2.97. The minimum atomic E-state index is 1.03. The number of hydrazine groups is 1. The number of hydrogen-bond acceptors (Lipinski definition) is 2. The summed E-state index contributed by atoms with van der Waals surface area (Å²) in [7, 11) is 2.00. The van der Waals surface area contributed by atoms with Gasteiger partial charge in [-0.15, -0.1) is 0 Å². The van der Waals surface area contributed by atoms with Gasteiger partial charge in [0.1, 0.15) is 0 Å². The lowest BCUT2D eigenvalue weighted by Crippen LogP contribution is -2.25. The van der Waals surface area contributed by atoms with Crippen LogP contribution in [0.1, 0.15) is 0 Å². The standard InChI is InChI=1S/C3H7BN2/c4-6-3-1-2-5-6/h1-2,5H,3-4H2. The topological polar surface area (TPSA) is 15.3 Å². The molecule has 1 rings (SSSR count). The molecular weight excluding hydrogens is 74.9 g/mol. The van der Waals surface area contributed by atoms with E-state index in [2.05, 4.69) is 11.5 Å². The van der Waals surface area contributed by atoms with Crippen molar-refractivity contribution in [3.05, 3.63) is 12.3 Å². The Bertz CT molecular complexity index is 63.2. The van der Waals surface area contributed by atoms with E-state index in [0.717, 1.165) is 6.54 Å². The highest BCUT2D eigenvalue weighted by Gasteiger charge is 1.92. The van der Waals surface area contributed by atoms with Crippen molar-refractivity contribution >= 4 is 7.98 Å². The smallest absolute Gasteiger partial charge is 0.212 e. The average molecular weight is 81.9 g/mol. The molecule has 0 bridgehead atoms. The van der Waals surface area contributed by atoms with E-state index in [1.165, 1.54) is 0 Å². The summed E-state index contributed by atoms with van der Waals surface area (Å²) < 4.78 is 0. The van der Waals surface area contributed by atoms with Gasteiger partial charge in [0.25, 0.3) is 0 Å². The summed E-state index contributed by atoms with van der Waals surface area (Å²) in [4.78, 5) is 2.00. The summed E-state index contributed by atoms with van der Waals surface area (Å²) in [6, 6.07) is 0. The molecule has 6 heavy (non-hydrogen) atoms. The van der Waals surface area contributed by atoms with E-state index in [1.807, 2.05) is 19.1 Å². The van der Waals surface area contributed by atoms with Crippen molar-refractivity contribution in [1.29, 1.82) is 0 Å². The lowest BCUT2D eigenvalue weighted by Gasteiger charge is -2.05. The third kappa shape index (κ3) is 0.544. The van der Waals surface area contributed by atoms with Crippen molar-refractivity contribution in [1.82, 2.24) is 10.3 Å². The van der Waals surface area contributed by atoms with Crippen molar-refractivity contribution < 1.29 is 0 Å². The Labute approximate surface area is 38.2 Å². The molecular formula is C3H7BN2. The Hall–Kier alpha value is -0.435. The molecule has 0 amide bonds. The van der Waals surface area contributed by atoms with E-state index in [-0.39, 0.29) is 0 Å². The third-order valence-electron chi connectivity index (χ3n) is 0.792. The predicted octanol–water partition coefficient (Wildman–Crippen LogP) is -1.13. The Morgan fingerprint density at radius 2 is 2.67 bits per heavy atom. The van der Waals surface area contributed by atoms with Crippen molar-refractivity contribution in [3.63, 3.8) is 0 Å². The summed E-state index contributed by atoms with van der Waals surface area (Å²) in [5.74, 6) is 0. The number of nitrogens with zero attached hydrogens (tertiary/aromatic N) is 1. The van der Waals surface area contributed by atoms with Crippen molar-refractivity contribution in [2.45, 2.75) is 0 Å². The summed E-state index contributed by atoms with van der Waals surface area (Å²) >= 11 is 0. The van der Waals surface area contributed by atoms with Crippen LogP contribution in [-0.2, 0) is 0 Å². The van der Waals surface area contributed by atoms with Crippen LogP contribution in [0, 0.1) is 0 Å². The van der Waals surface area contributed by atoms with Crippen LogP contribution in [0.15, 0.2) is 12.3 Å². The number of hydrogen-bond donors (Lipinski definition) is 1. The second kappa shape index (κ2) is 1.35. The Morgan fingerprint density at radius 1 is 1.83 bits per heavy atom. The van der Waals surface area contributed by atoms with E-state index in [9.17, 15) is 0 Å². The molecule has 0 radical (unpaired) electrons. The van der Waals surface area contributed by atoms with Gasteiger partial charge in [0, 0.05) is 12.7 Å². The van der Waals surface area contributed by atoms with Crippen LogP contribution in [0.4, 0.5) is 0 Å². The number of rotatable bonds is 0. The predicted molar refractivity (Wildman–Crippen MR) is 27.5 cm³/mol. The largest absolute Gasteiger partial charge is 0.337 e. The maximum atomic E-state index is 2.97. The lowest BCUT2D eigenvalue weighted by atomic mass is 10.4. The molecule has 1 N–H and O–H groups in total. The molecule has 2 nitrogen and oxygen atoms in total. The Morgan fingerprint density at radius 3 is 2.83 bits per heavy atom. The van der Waals surface area contributed by atoms with E-state index in [4.69, 9.17) is 0 Å². The van der Waals surface area contributed by atoms with Gasteiger partial charge in [-0.3, -0.25) is 4.92 Å². The molecule has 0 saturated carbocycles. The normalized spacial score (nSPS) is 21.3. The van der Waals surface area contributed by atoms with Crippen molar-refractivity contribution in [3.8, 4) is 0 Å². The molecule has 32 valence electrons. The van der Waals surface area contributed by atoms with Gasteiger partial charge in [0.2, 0.25) is 7.98 Å². The van der Waals surface area contributed by atoms with Crippen LogP contribution in [0.3, 0.4) is 0 Å². The van der Waals surface area contributed by atoms with Crippen LogP contribution >= 0.6 is 0 Å². The van der Waals surface area contributed by atoms with E-state index in [0.29, 0.717) is 0 Å². The van der Waals surface area contributed by atoms with Crippen molar-refractivity contribution in [2.24, 2.45) is 0 Å². The zero-order valence-corrected chi connectivity index (χ0v) is 3.81. The third-order valence-corrected chi connectivity index (χ3v) is 0.792. The van der Waals surface area contributed by atoms with Gasteiger partial charge in [-0.2, -0.15) is 0 Å². The fourth-order valence-electron chi connectivity index (χ4n) is 0.443. The summed E-state index contributed by atoms with van der Waals surface area (Å²) in [5.41, 5.74) is 2.97. The van der Waals surface area contributed by atoms with Crippen LogP contribution in [0.2, 0.25) is 0 Å². The molecule has 3 heteroatoms. The SMILES string of the molecule is BN1CC=CN1. The number of nitrogens with one attached hydrogen (secondary N) is 1. The van der Waals surface area contributed by atoms with E-state index in [1.54, 1.807) is 0 Å². The van der Waals surface area contributed by atoms with Gasteiger partial charge < -0.3 is 5.43 Å². The molecule has 1 heterocycles. The first-order valence-electron chi connectivity index (χ1n) is 2.02. The van der Waals surface area contributed by atoms with Crippen LogP contribution in [0.5, 0.6) is 0 Å². The van der Waals surface area contributed by atoms with Gasteiger partial charge in [0.05, 0.1) is 0 Å². The molecule has 0 aliphatic carbocycles. The molecule has 0 unspecified atom stereocenters. The summed E-state index contributed by atoms with van der Waals surface area (Å²) in [6.45, 7) is 1.03. The molecule has 0 spiro atoms. The lowest BCUT2D eigenvalue weighted by molar-refractivity contribution is 0.462. The zero-order chi connectivity index (χ0) is 4.41. The fraction of sp³-hybridized carbons (Fsp3) is 0.333. The van der Waals surface area contributed by atoms with Gasteiger partial charge >= 0.3 is 0 Å². The van der Waals surface area contributed by atoms with Crippen LogP contribution in [0.25, 0.3) is 0 Å². The highest BCUT2D eigenvalue weighted by Crippen LogP contribution is 1.82. The molecule has 1 aliphatic heterocycles. The highest BCUT2D eigenvalue weighted by atomic mass is 15.5. The van der Waals surface area contributed by atoms with E-state index < -0.39 is 0 Å². The second-order valence-corrected chi connectivity index (χ2v) is 1.41. The first kappa shape index (κ1) is 3.74. The summed E-state index contributed by atoms with van der Waals surface area (Å²) in [6.07, 6.45) is 4.00. The fourth-order valence-corrected chi connectivity index (χ4v) is 0.443. The highest BCUT2D eigenvalue weighted by molar-refractivity contribution is 6.04. The first-order valence-corrected chi connectivity index (χ1v) is 2.02. The first-order chi connectivity index (χ1) is 2.89. The summed E-state index contributed by atoms with van der Waals surface area (Å²) in [5, 5.41) is 0. The maximum Gasteiger partial charge on any atom is 0.212 e. The minimum Gasteiger partial charge on any atom is -0.337 e. The minimum absolute atomic E-state index is 1.03. The quantitative estimate of drug-likeness (QED) is 0.372. The molecule has 0 aromatic rings. The second-order valence-electron chi connectivity index (χ2n) is 1.41. The molecule has 0 aromatic carbocycles. The van der Waals surface area contributed by atoms with Crippen LogP contribution < -0.4 is 5.43 Å². The van der Waals surface area contributed by atoms with Gasteiger partial charge in [0.15, 0.2) is 0 Å². The zero-order valence-electron chi connectivity index (χ0n) is 3.81. The molecule has 1 aliphatic rings.